The van der Waals surface area contributed by atoms with Gasteiger partial charge in [-0.3, -0.25) is 0 Å². The molecule has 119 valence electrons. The molecule has 0 saturated heterocycles. The van der Waals surface area contributed by atoms with Gasteiger partial charge in [0.25, 0.3) is 0 Å². The molecular weight excluding hydrogens is 252 g/mol. The molecule has 0 heteroatoms. The maximum atomic E-state index is 3.57. The van der Waals surface area contributed by atoms with Crippen molar-refractivity contribution in [3.63, 3.8) is 0 Å². The van der Waals surface area contributed by atoms with E-state index in [2.05, 4.69) is 45.0 Å². The molecule has 0 aromatic heterocycles. The highest BCUT2D eigenvalue weighted by Gasteiger charge is 2.01. The summed E-state index contributed by atoms with van der Waals surface area (Å²) < 4.78 is 0. The minimum atomic E-state index is 0.595. The average molecular weight is 288 g/mol. The predicted octanol–water partition coefficient (Wildman–Crippen LogP) is 7.07. The molecule has 1 aromatic rings. The van der Waals surface area contributed by atoms with Gasteiger partial charge in [-0.05, 0) is 36.0 Å². The predicted molar refractivity (Wildman–Crippen MR) is 94.9 cm³/mol. The van der Waals surface area contributed by atoms with Crippen molar-refractivity contribution >= 4 is 0 Å². The van der Waals surface area contributed by atoms with Crippen molar-refractivity contribution in [1.29, 1.82) is 0 Å². The average Bonchev–Trinajstić information content (AvgIpc) is 2.49. The van der Waals surface area contributed by atoms with Crippen LogP contribution in [0.2, 0.25) is 0 Å². The normalized spacial score (nSPS) is 11.2. The lowest BCUT2D eigenvalue weighted by molar-refractivity contribution is 0.556. The van der Waals surface area contributed by atoms with E-state index in [1.165, 1.54) is 81.8 Å². The monoisotopic (exact) mass is 287 g/mol. The summed E-state index contributed by atoms with van der Waals surface area (Å²) in [5.41, 5.74) is 2.76. The fraction of sp³-hybridized carbons (Fsp3) is 0.714. The lowest BCUT2D eigenvalue weighted by Crippen LogP contribution is -1.92. The summed E-state index contributed by atoms with van der Waals surface area (Å²) in [4.78, 5) is 0. The molecule has 0 heterocycles. The van der Waals surface area contributed by atoms with Crippen molar-refractivity contribution in [3.8, 4) is 0 Å². The van der Waals surface area contributed by atoms with Crippen molar-refractivity contribution < 1.29 is 0 Å². The molecule has 1 radical (unpaired) electrons. The van der Waals surface area contributed by atoms with Gasteiger partial charge >= 0.3 is 0 Å². The molecule has 0 aliphatic heterocycles. The van der Waals surface area contributed by atoms with Gasteiger partial charge in [0.2, 0.25) is 0 Å². The number of rotatable bonds is 12. The Kier molecular flexibility index (Phi) is 10.3. The first kappa shape index (κ1) is 18.3. The van der Waals surface area contributed by atoms with Gasteiger partial charge in [0.05, 0.1) is 0 Å². The van der Waals surface area contributed by atoms with Gasteiger partial charge < -0.3 is 0 Å². The van der Waals surface area contributed by atoms with Gasteiger partial charge in [0.1, 0.15) is 0 Å². The third-order valence-corrected chi connectivity index (χ3v) is 4.30. The summed E-state index contributed by atoms with van der Waals surface area (Å²) in [6.45, 7) is 6.78. The van der Waals surface area contributed by atoms with Crippen molar-refractivity contribution in [2.45, 2.75) is 97.3 Å². The van der Waals surface area contributed by atoms with Crippen LogP contribution in [0.3, 0.4) is 0 Å². The van der Waals surface area contributed by atoms with Crippen LogP contribution in [0.15, 0.2) is 18.2 Å². The second kappa shape index (κ2) is 11.8. The largest absolute Gasteiger partial charge is 0.0654 e. The highest BCUT2D eigenvalue weighted by Crippen LogP contribution is 2.17. The Morgan fingerprint density at radius 2 is 1.38 bits per heavy atom. The van der Waals surface area contributed by atoms with Crippen molar-refractivity contribution in [3.05, 3.63) is 35.4 Å². The molecule has 21 heavy (non-hydrogen) atoms. The van der Waals surface area contributed by atoms with Gasteiger partial charge in [0.15, 0.2) is 0 Å². The molecule has 0 bridgehead atoms. The highest BCUT2D eigenvalue weighted by atomic mass is 14.1. The summed E-state index contributed by atoms with van der Waals surface area (Å²) >= 11 is 0. The maximum absolute atomic E-state index is 3.57. The van der Waals surface area contributed by atoms with E-state index < -0.39 is 0 Å². The molecule has 0 nitrogen and oxygen atoms in total. The minimum Gasteiger partial charge on any atom is -0.0654 e. The van der Waals surface area contributed by atoms with Crippen LogP contribution < -0.4 is 0 Å². The first-order valence-electron chi connectivity index (χ1n) is 9.25. The van der Waals surface area contributed by atoms with E-state index in [4.69, 9.17) is 0 Å². The Hall–Kier alpha value is -0.780. The Balaban J connectivity index is 2.00. The molecule has 0 atom stereocenters. The van der Waals surface area contributed by atoms with Crippen molar-refractivity contribution in [1.82, 2.24) is 0 Å². The second-order valence-corrected chi connectivity index (χ2v) is 6.72. The van der Waals surface area contributed by atoms with E-state index >= 15 is 0 Å². The molecule has 0 N–H and O–H groups in total. The fourth-order valence-corrected chi connectivity index (χ4v) is 2.82. The zero-order chi connectivity index (χ0) is 15.3. The van der Waals surface area contributed by atoms with Gasteiger partial charge in [-0.15, -0.1) is 0 Å². The molecular formula is C21H35. The molecule has 1 rings (SSSR count). The number of unbranched alkanes of at least 4 members (excludes halogenated alkanes) is 9. The van der Waals surface area contributed by atoms with Crippen LogP contribution in [-0.4, -0.2) is 0 Å². The van der Waals surface area contributed by atoms with Crippen LogP contribution in [0.4, 0.5) is 0 Å². The van der Waals surface area contributed by atoms with Crippen molar-refractivity contribution in [2.75, 3.05) is 0 Å². The quantitative estimate of drug-likeness (QED) is 0.360. The van der Waals surface area contributed by atoms with E-state index in [9.17, 15) is 0 Å². The van der Waals surface area contributed by atoms with Crippen LogP contribution in [0.1, 0.15) is 102 Å². The lowest BCUT2D eigenvalue weighted by atomic mass is 9.98. The molecule has 0 spiro atoms. The maximum Gasteiger partial charge on any atom is -0.0112 e. The van der Waals surface area contributed by atoms with E-state index in [0.717, 1.165) is 0 Å². The van der Waals surface area contributed by atoms with Crippen LogP contribution in [-0.2, 0) is 6.42 Å². The van der Waals surface area contributed by atoms with Gasteiger partial charge in [-0.2, -0.15) is 0 Å². The summed E-state index contributed by atoms with van der Waals surface area (Å²) in [7, 11) is 0. The fourth-order valence-electron chi connectivity index (χ4n) is 2.82. The smallest absolute Gasteiger partial charge is 0.0112 e. The summed E-state index contributed by atoms with van der Waals surface area (Å²) in [6.07, 6.45) is 15.3. The van der Waals surface area contributed by atoms with E-state index in [0.29, 0.717) is 5.92 Å². The van der Waals surface area contributed by atoms with E-state index in [-0.39, 0.29) is 0 Å². The Bertz CT molecular complexity index is 351. The van der Waals surface area contributed by atoms with Gasteiger partial charge in [-0.1, -0.05) is 96.8 Å². The van der Waals surface area contributed by atoms with Crippen molar-refractivity contribution in [2.24, 2.45) is 0 Å². The number of aryl methyl sites for hydroxylation is 1. The zero-order valence-corrected chi connectivity index (χ0v) is 14.6. The molecule has 0 fully saturated rings. The van der Waals surface area contributed by atoms with Crippen LogP contribution in [0, 0.1) is 6.07 Å². The summed E-state index contributed by atoms with van der Waals surface area (Å²) in [5, 5.41) is 0. The molecule has 0 amide bonds. The van der Waals surface area contributed by atoms with E-state index in [1.807, 2.05) is 0 Å². The highest BCUT2D eigenvalue weighted by molar-refractivity contribution is 5.24. The SMILES string of the molecule is CCCCCCCCCCCCc1[c]c(C(C)C)ccc1. The summed E-state index contributed by atoms with van der Waals surface area (Å²) in [6, 6.07) is 10.2. The first-order valence-corrected chi connectivity index (χ1v) is 9.25. The van der Waals surface area contributed by atoms with Gasteiger partial charge in [0, 0.05) is 0 Å². The number of hydrogen-bond acceptors (Lipinski definition) is 0. The third kappa shape index (κ3) is 8.96. The Morgan fingerprint density at radius 1 is 0.810 bits per heavy atom. The first-order chi connectivity index (χ1) is 10.2. The standard InChI is InChI=1S/C21H35/c1-4-5-6-7-8-9-10-11-12-13-15-20-16-14-17-21(18-20)19(2)3/h14,16-17,19H,4-13,15H2,1-3H3. The molecule has 1 aromatic carbocycles. The summed E-state index contributed by atoms with van der Waals surface area (Å²) in [5.74, 6) is 0.595. The van der Waals surface area contributed by atoms with Gasteiger partial charge in [-0.25, -0.2) is 0 Å². The van der Waals surface area contributed by atoms with Crippen LogP contribution >= 0.6 is 0 Å². The van der Waals surface area contributed by atoms with Crippen LogP contribution in [0.5, 0.6) is 0 Å². The lowest BCUT2D eigenvalue weighted by Gasteiger charge is -2.07. The second-order valence-electron chi connectivity index (χ2n) is 6.72. The minimum absolute atomic E-state index is 0.595. The van der Waals surface area contributed by atoms with E-state index in [1.54, 1.807) is 0 Å². The van der Waals surface area contributed by atoms with Crippen LogP contribution in [0.25, 0.3) is 0 Å². The number of benzene rings is 1. The molecule has 0 aliphatic carbocycles. The number of hydrogen-bond donors (Lipinski definition) is 0. The Labute approximate surface area is 133 Å². The molecule has 0 unspecified atom stereocenters. The Morgan fingerprint density at radius 3 is 1.95 bits per heavy atom. The zero-order valence-electron chi connectivity index (χ0n) is 14.6. The molecule has 0 aliphatic rings. The third-order valence-electron chi connectivity index (χ3n) is 4.30. The topological polar surface area (TPSA) is 0 Å². The molecule has 0 saturated carbocycles.